The SMILES string of the molecule is CCCCCCCC(NC)C(C)(C)N(C)C. The molecule has 2 nitrogen and oxygen atoms in total. The molecule has 0 aliphatic carbocycles. The highest BCUT2D eigenvalue weighted by molar-refractivity contribution is 4.90. The molecule has 1 N–H and O–H groups in total. The van der Waals surface area contributed by atoms with E-state index in [0.29, 0.717) is 6.04 Å². The van der Waals surface area contributed by atoms with Gasteiger partial charge in [0.25, 0.3) is 0 Å². The van der Waals surface area contributed by atoms with Crippen LogP contribution < -0.4 is 5.32 Å². The number of unbranched alkanes of at least 4 members (excludes halogenated alkanes) is 4. The molecule has 0 aromatic rings. The van der Waals surface area contributed by atoms with E-state index < -0.39 is 0 Å². The number of rotatable bonds is 9. The summed E-state index contributed by atoms with van der Waals surface area (Å²) in [7, 11) is 6.42. The van der Waals surface area contributed by atoms with Crippen LogP contribution in [0.2, 0.25) is 0 Å². The number of hydrogen-bond donors (Lipinski definition) is 1. The van der Waals surface area contributed by atoms with Crippen molar-refractivity contribution in [1.82, 2.24) is 10.2 Å². The Balaban J connectivity index is 3.91. The summed E-state index contributed by atoms with van der Waals surface area (Å²) < 4.78 is 0. The Kier molecular flexibility index (Phi) is 8.04. The van der Waals surface area contributed by atoms with E-state index in [1.807, 2.05) is 0 Å². The van der Waals surface area contributed by atoms with Gasteiger partial charge in [0.2, 0.25) is 0 Å². The van der Waals surface area contributed by atoms with Gasteiger partial charge in [-0.2, -0.15) is 0 Å². The highest BCUT2D eigenvalue weighted by Gasteiger charge is 2.29. The fourth-order valence-electron chi connectivity index (χ4n) is 2.11. The van der Waals surface area contributed by atoms with Gasteiger partial charge >= 0.3 is 0 Å². The predicted octanol–water partition coefficient (Wildman–Crippen LogP) is 3.28. The van der Waals surface area contributed by atoms with Crippen LogP contribution in [0.15, 0.2) is 0 Å². The summed E-state index contributed by atoms with van der Waals surface area (Å²) in [6.45, 7) is 6.91. The van der Waals surface area contributed by atoms with Crippen molar-refractivity contribution in [3.63, 3.8) is 0 Å². The van der Waals surface area contributed by atoms with Gasteiger partial charge in [0.05, 0.1) is 0 Å². The molecule has 16 heavy (non-hydrogen) atoms. The van der Waals surface area contributed by atoms with E-state index in [4.69, 9.17) is 0 Å². The zero-order valence-corrected chi connectivity index (χ0v) is 12.3. The van der Waals surface area contributed by atoms with Crippen LogP contribution >= 0.6 is 0 Å². The van der Waals surface area contributed by atoms with Gasteiger partial charge in [-0.15, -0.1) is 0 Å². The smallest absolute Gasteiger partial charge is 0.0300 e. The van der Waals surface area contributed by atoms with Crippen LogP contribution in [0.5, 0.6) is 0 Å². The first-order valence-electron chi connectivity index (χ1n) is 6.81. The third kappa shape index (κ3) is 5.31. The fourth-order valence-corrected chi connectivity index (χ4v) is 2.11. The molecule has 0 spiro atoms. The van der Waals surface area contributed by atoms with Gasteiger partial charge in [0.15, 0.2) is 0 Å². The van der Waals surface area contributed by atoms with Gasteiger partial charge in [-0.05, 0) is 41.4 Å². The van der Waals surface area contributed by atoms with Crippen molar-refractivity contribution in [2.24, 2.45) is 0 Å². The number of likely N-dealkylation sites (N-methyl/N-ethyl adjacent to an activating group) is 2. The van der Waals surface area contributed by atoms with E-state index >= 15 is 0 Å². The van der Waals surface area contributed by atoms with Gasteiger partial charge in [0.1, 0.15) is 0 Å². The Morgan fingerprint density at radius 1 is 1.06 bits per heavy atom. The Morgan fingerprint density at radius 2 is 1.62 bits per heavy atom. The average molecular weight is 228 g/mol. The summed E-state index contributed by atoms with van der Waals surface area (Å²) >= 11 is 0. The zero-order valence-electron chi connectivity index (χ0n) is 12.3. The molecule has 0 fully saturated rings. The molecule has 0 radical (unpaired) electrons. The Morgan fingerprint density at radius 3 is 2.06 bits per heavy atom. The summed E-state index contributed by atoms with van der Waals surface area (Å²) in [6, 6.07) is 0.587. The highest BCUT2D eigenvalue weighted by atomic mass is 15.2. The van der Waals surface area contributed by atoms with Gasteiger partial charge < -0.3 is 10.2 Å². The lowest BCUT2D eigenvalue weighted by Crippen LogP contribution is -2.54. The number of nitrogens with one attached hydrogen (secondary N) is 1. The first-order valence-corrected chi connectivity index (χ1v) is 6.81. The molecule has 1 unspecified atom stereocenters. The molecule has 0 aliphatic heterocycles. The van der Waals surface area contributed by atoms with Crippen molar-refractivity contribution in [2.75, 3.05) is 21.1 Å². The normalized spacial score (nSPS) is 14.4. The highest BCUT2D eigenvalue weighted by Crippen LogP contribution is 2.20. The summed E-state index contributed by atoms with van der Waals surface area (Å²) in [5.41, 5.74) is 0.236. The third-order valence-corrected chi connectivity index (χ3v) is 3.95. The fraction of sp³-hybridized carbons (Fsp3) is 1.00. The molecule has 0 saturated carbocycles. The van der Waals surface area contributed by atoms with Crippen molar-refractivity contribution in [2.45, 2.75) is 70.9 Å². The van der Waals surface area contributed by atoms with Crippen LogP contribution in [0.1, 0.15) is 59.3 Å². The van der Waals surface area contributed by atoms with Gasteiger partial charge in [-0.25, -0.2) is 0 Å². The number of nitrogens with zero attached hydrogens (tertiary/aromatic N) is 1. The van der Waals surface area contributed by atoms with Crippen LogP contribution in [0.3, 0.4) is 0 Å². The van der Waals surface area contributed by atoms with Crippen molar-refractivity contribution < 1.29 is 0 Å². The standard InChI is InChI=1S/C14H32N2/c1-7-8-9-10-11-12-13(15-4)14(2,3)16(5)6/h13,15H,7-12H2,1-6H3. The Bertz CT molecular complexity index is 164. The first kappa shape index (κ1) is 15.9. The largest absolute Gasteiger partial charge is 0.315 e. The van der Waals surface area contributed by atoms with Gasteiger partial charge in [-0.1, -0.05) is 39.0 Å². The van der Waals surface area contributed by atoms with Gasteiger partial charge in [-0.3, -0.25) is 0 Å². The Labute approximate surface area is 103 Å². The molecule has 2 heteroatoms. The second-order valence-corrected chi connectivity index (χ2v) is 5.59. The van der Waals surface area contributed by atoms with Crippen molar-refractivity contribution >= 4 is 0 Å². The quantitative estimate of drug-likeness (QED) is 0.609. The molecule has 0 aliphatic rings. The van der Waals surface area contributed by atoms with Crippen LogP contribution in [0.4, 0.5) is 0 Å². The first-order chi connectivity index (χ1) is 7.46. The van der Waals surface area contributed by atoms with Crippen LogP contribution in [0, 0.1) is 0 Å². The van der Waals surface area contributed by atoms with Gasteiger partial charge in [0, 0.05) is 11.6 Å². The molecule has 0 bridgehead atoms. The predicted molar refractivity (Wildman–Crippen MR) is 74.0 cm³/mol. The van der Waals surface area contributed by atoms with Crippen molar-refractivity contribution in [3.05, 3.63) is 0 Å². The van der Waals surface area contributed by atoms with E-state index in [9.17, 15) is 0 Å². The topological polar surface area (TPSA) is 15.3 Å². The van der Waals surface area contributed by atoms with E-state index in [-0.39, 0.29) is 5.54 Å². The molecule has 98 valence electrons. The Hall–Kier alpha value is -0.0800. The summed E-state index contributed by atoms with van der Waals surface area (Å²) in [5, 5.41) is 3.47. The maximum Gasteiger partial charge on any atom is 0.0300 e. The number of hydrogen-bond acceptors (Lipinski definition) is 2. The summed E-state index contributed by atoms with van der Waals surface area (Å²) in [4.78, 5) is 2.32. The lowest BCUT2D eigenvalue weighted by molar-refractivity contribution is 0.135. The van der Waals surface area contributed by atoms with Crippen LogP contribution in [-0.4, -0.2) is 37.6 Å². The van der Waals surface area contributed by atoms with Crippen molar-refractivity contribution in [3.8, 4) is 0 Å². The summed E-state index contributed by atoms with van der Waals surface area (Å²) in [5.74, 6) is 0. The second kappa shape index (κ2) is 8.08. The lowest BCUT2D eigenvalue weighted by atomic mass is 9.89. The van der Waals surface area contributed by atoms with E-state index in [0.717, 1.165) is 0 Å². The van der Waals surface area contributed by atoms with E-state index in [2.05, 4.69) is 52.1 Å². The average Bonchev–Trinajstić information content (AvgIpc) is 2.22. The van der Waals surface area contributed by atoms with Crippen LogP contribution in [0.25, 0.3) is 0 Å². The molecule has 0 aromatic heterocycles. The third-order valence-electron chi connectivity index (χ3n) is 3.95. The maximum atomic E-state index is 3.47. The molecule has 0 saturated heterocycles. The zero-order chi connectivity index (χ0) is 12.6. The molecular weight excluding hydrogens is 196 g/mol. The molecule has 0 amide bonds. The lowest BCUT2D eigenvalue weighted by Gasteiger charge is -2.40. The second-order valence-electron chi connectivity index (χ2n) is 5.59. The molecule has 1 atom stereocenters. The molecule has 0 rings (SSSR count). The molecule has 0 aromatic carbocycles. The summed E-state index contributed by atoms with van der Waals surface area (Å²) in [6.07, 6.45) is 8.14. The van der Waals surface area contributed by atoms with E-state index in [1.54, 1.807) is 0 Å². The molecule has 0 heterocycles. The minimum atomic E-state index is 0.236. The van der Waals surface area contributed by atoms with E-state index in [1.165, 1.54) is 38.5 Å². The molecular formula is C14H32N2. The minimum Gasteiger partial charge on any atom is -0.315 e. The monoisotopic (exact) mass is 228 g/mol. The maximum absolute atomic E-state index is 3.47. The van der Waals surface area contributed by atoms with Crippen molar-refractivity contribution in [1.29, 1.82) is 0 Å². The minimum absolute atomic E-state index is 0.236. The van der Waals surface area contributed by atoms with Crippen LogP contribution in [-0.2, 0) is 0 Å².